The average molecular weight is 278 g/mol. The number of ether oxygens (including phenoxy) is 2. The second kappa shape index (κ2) is 7.14. The van der Waals surface area contributed by atoms with E-state index in [1.54, 1.807) is 25.3 Å². The van der Waals surface area contributed by atoms with Crippen molar-refractivity contribution in [1.82, 2.24) is 10.6 Å². The molecular weight excluding hydrogens is 256 g/mol. The Morgan fingerprint density at radius 1 is 1.40 bits per heavy atom. The van der Waals surface area contributed by atoms with E-state index in [2.05, 4.69) is 10.6 Å². The zero-order valence-corrected chi connectivity index (χ0v) is 12.1. The van der Waals surface area contributed by atoms with E-state index in [0.717, 1.165) is 25.9 Å². The van der Waals surface area contributed by atoms with Crippen molar-refractivity contribution >= 4 is 5.91 Å². The summed E-state index contributed by atoms with van der Waals surface area (Å²) >= 11 is 0. The van der Waals surface area contributed by atoms with Crippen LogP contribution in [0.25, 0.3) is 0 Å². The van der Waals surface area contributed by atoms with Gasteiger partial charge in [0.25, 0.3) is 5.91 Å². The van der Waals surface area contributed by atoms with Crippen LogP contribution < -0.4 is 20.1 Å². The first-order chi connectivity index (χ1) is 9.76. The largest absolute Gasteiger partial charge is 0.493 e. The van der Waals surface area contributed by atoms with Crippen molar-refractivity contribution in [2.45, 2.75) is 25.8 Å². The number of methoxy groups -OCH3 is 1. The number of carbonyl (C=O) groups excluding carboxylic acids is 1. The number of hydrogen-bond acceptors (Lipinski definition) is 4. The third kappa shape index (κ3) is 3.42. The molecule has 20 heavy (non-hydrogen) atoms. The number of para-hydroxylation sites is 1. The summed E-state index contributed by atoms with van der Waals surface area (Å²) in [5.41, 5.74) is 0.532. The zero-order chi connectivity index (χ0) is 14.4. The maximum Gasteiger partial charge on any atom is 0.255 e. The summed E-state index contributed by atoms with van der Waals surface area (Å²) in [7, 11) is 1.58. The number of amides is 1. The molecule has 2 N–H and O–H groups in total. The smallest absolute Gasteiger partial charge is 0.255 e. The van der Waals surface area contributed by atoms with Gasteiger partial charge in [-0.1, -0.05) is 6.07 Å². The van der Waals surface area contributed by atoms with Crippen molar-refractivity contribution in [2.75, 3.05) is 26.8 Å². The highest BCUT2D eigenvalue weighted by atomic mass is 16.5. The van der Waals surface area contributed by atoms with Gasteiger partial charge in [0.1, 0.15) is 0 Å². The number of carbonyl (C=O) groups is 1. The van der Waals surface area contributed by atoms with Crippen LogP contribution in [-0.2, 0) is 0 Å². The number of benzene rings is 1. The highest BCUT2D eigenvalue weighted by molar-refractivity contribution is 5.98. The molecule has 0 radical (unpaired) electrons. The van der Waals surface area contributed by atoms with Crippen LogP contribution in [0.5, 0.6) is 11.5 Å². The standard InChI is InChI=1S/C15H22N2O3/c1-3-20-14-12(5-4-6-13(14)19-2)15(18)17-11-7-9-16-10-8-11/h4-6,11,16H,3,7-10H2,1-2H3,(H,17,18). The van der Waals surface area contributed by atoms with Crippen LogP contribution in [0.4, 0.5) is 0 Å². The van der Waals surface area contributed by atoms with Crippen molar-refractivity contribution < 1.29 is 14.3 Å². The summed E-state index contributed by atoms with van der Waals surface area (Å²) in [6, 6.07) is 5.60. The molecule has 0 unspecified atom stereocenters. The van der Waals surface area contributed by atoms with Gasteiger partial charge in [-0.3, -0.25) is 4.79 Å². The van der Waals surface area contributed by atoms with E-state index < -0.39 is 0 Å². The summed E-state index contributed by atoms with van der Waals surface area (Å²) in [6.07, 6.45) is 1.92. The second-order valence-corrected chi connectivity index (χ2v) is 4.77. The Balaban J connectivity index is 2.15. The Morgan fingerprint density at radius 3 is 2.80 bits per heavy atom. The summed E-state index contributed by atoms with van der Waals surface area (Å²) in [4.78, 5) is 12.4. The highest BCUT2D eigenvalue weighted by Gasteiger charge is 2.20. The molecule has 0 atom stereocenters. The maximum absolute atomic E-state index is 12.4. The summed E-state index contributed by atoms with van der Waals surface area (Å²) in [5.74, 6) is 1.01. The molecular formula is C15H22N2O3. The predicted molar refractivity (Wildman–Crippen MR) is 77.5 cm³/mol. The molecule has 0 saturated carbocycles. The molecule has 2 rings (SSSR count). The van der Waals surface area contributed by atoms with Gasteiger partial charge in [0.2, 0.25) is 0 Å². The van der Waals surface area contributed by atoms with Crippen LogP contribution in [0.3, 0.4) is 0 Å². The Kier molecular flexibility index (Phi) is 5.24. The molecule has 1 heterocycles. The number of nitrogens with one attached hydrogen (secondary N) is 2. The molecule has 1 amide bonds. The molecule has 1 aromatic rings. The first kappa shape index (κ1) is 14.7. The first-order valence-corrected chi connectivity index (χ1v) is 7.07. The van der Waals surface area contributed by atoms with Gasteiger partial charge in [0.15, 0.2) is 11.5 Å². The molecule has 0 bridgehead atoms. The van der Waals surface area contributed by atoms with Crippen molar-refractivity contribution in [3.8, 4) is 11.5 Å². The van der Waals surface area contributed by atoms with Crippen LogP contribution in [0.1, 0.15) is 30.1 Å². The summed E-state index contributed by atoms with van der Waals surface area (Å²) < 4.78 is 10.8. The lowest BCUT2D eigenvalue weighted by atomic mass is 10.1. The van der Waals surface area contributed by atoms with Crippen molar-refractivity contribution in [2.24, 2.45) is 0 Å². The Bertz CT molecular complexity index is 456. The Morgan fingerprint density at radius 2 is 2.15 bits per heavy atom. The van der Waals surface area contributed by atoms with Crippen LogP contribution in [-0.4, -0.2) is 38.8 Å². The first-order valence-electron chi connectivity index (χ1n) is 7.07. The minimum atomic E-state index is -0.0979. The van der Waals surface area contributed by atoms with Crippen LogP contribution in [0, 0.1) is 0 Å². The molecule has 0 spiro atoms. The number of hydrogen-bond donors (Lipinski definition) is 2. The van der Waals surface area contributed by atoms with Gasteiger partial charge in [-0.25, -0.2) is 0 Å². The third-order valence-electron chi connectivity index (χ3n) is 3.41. The minimum Gasteiger partial charge on any atom is -0.493 e. The molecule has 110 valence electrons. The van der Waals surface area contributed by atoms with Gasteiger partial charge >= 0.3 is 0 Å². The molecule has 1 aromatic carbocycles. The number of rotatable bonds is 5. The molecule has 0 aliphatic carbocycles. The van der Waals surface area contributed by atoms with Gasteiger partial charge in [0, 0.05) is 6.04 Å². The van der Waals surface area contributed by atoms with E-state index in [4.69, 9.17) is 9.47 Å². The molecule has 0 aromatic heterocycles. The molecule has 5 nitrogen and oxygen atoms in total. The highest BCUT2D eigenvalue weighted by Crippen LogP contribution is 2.31. The molecule has 1 aliphatic heterocycles. The van der Waals surface area contributed by atoms with Crippen LogP contribution in [0.2, 0.25) is 0 Å². The van der Waals surface area contributed by atoms with Gasteiger partial charge in [0.05, 0.1) is 19.3 Å². The van der Waals surface area contributed by atoms with Crippen LogP contribution >= 0.6 is 0 Å². The lowest BCUT2D eigenvalue weighted by molar-refractivity contribution is 0.0925. The van der Waals surface area contributed by atoms with Gasteiger partial charge in [-0.2, -0.15) is 0 Å². The minimum absolute atomic E-state index is 0.0979. The van der Waals surface area contributed by atoms with E-state index in [9.17, 15) is 4.79 Å². The molecule has 1 saturated heterocycles. The van der Waals surface area contributed by atoms with Crippen LogP contribution in [0.15, 0.2) is 18.2 Å². The fourth-order valence-electron chi connectivity index (χ4n) is 2.38. The normalized spacial score (nSPS) is 15.7. The zero-order valence-electron chi connectivity index (χ0n) is 12.1. The molecule has 1 fully saturated rings. The quantitative estimate of drug-likeness (QED) is 0.858. The Hall–Kier alpha value is -1.75. The SMILES string of the molecule is CCOc1c(OC)cccc1C(=O)NC1CCNCC1. The van der Waals surface area contributed by atoms with E-state index >= 15 is 0 Å². The predicted octanol–water partition coefficient (Wildman–Crippen LogP) is 1.58. The molecule has 1 aliphatic rings. The van der Waals surface area contributed by atoms with Crippen molar-refractivity contribution in [3.63, 3.8) is 0 Å². The fourth-order valence-corrected chi connectivity index (χ4v) is 2.38. The lowest BCUT2D eigenvalue weighted by Gasteiger charge is -2.24. The number of piperidine rings is 1. The van der Waals surface area contributed by atoms with Gasteiger partial charge < -0.3 is 20.1 Å². The van der Waals surface area contributed by atoms with E-state index in [-0.39, 0.29) is 11.9 Å². The van der Waals surface area contributed by atoms with Gasteiger partial charge in [-0.05, 0) is 45.0 Å². The lowest BCUT2D eigenvalue weighted by Crippen LogP contribution is -2.42. The second-order valence-electron chi connectivity index (χ2n) is 4.77. The van der Waals surface area contributed by atoms with E-state index in [1.165, 1.54) is 0 Å². The third-order valence-corrected chi connectivity index (χ3v) is 3.41. The van der Waals surface area contributed by atoms with Crippen molar-refractivity contribution in [3.05, 3.63) is 23.8 Å². The van der Waals surface area contributed by atoms with Crippen molar-refractivity contribution in [1.29, 1.82) is 0 Å². The monoisotopic (exact) mass is 278 g/mol. The van der Waals surface area contributed by atoms with E-state index in [1.807, 2.05) is 6.92 Å². The fraction of sp³-hybridized carbons (Fsp3) is 0.533. The maximum atomic E-state index is 12.4. The van der Waals surface area contributed by atoms with Gasteiger partial charge in [-0.15, -0.1) is 0 Å². The van der Waals surface area contributed by atoms with E-state index in [0.29, 0.717) is 23.7 Å². The summed E-state index contributed by atoms with van der Waals surface area (Å²) in [6.45, 7) is 4.28. The average Bonchev–Trinajstić information content (AvgIpc) is 2.48. The molecule has 5 heteroatoms. The Labute approximate surface area is 119 Å². The summed E-state index contributed by atoms with van der Waals surface area (Å²) in [5, 5.41) is 6.35. The topological polar surface area (TPSA) is 59.6 Å².